The van der Waals surface area contributed by atoms with Crippen LogP contribution in [0.3, 0.4) is 0 Å². The van der Waals surface area contributed by atoms with Crippen molar-refractivity contribution in [1.29, 1.82) is 0 Å². The highest BCUT2D eigenvalue weighted by Crippen LogP contribution is 2.17. The van der Waals surface area contributed by atoms with E-state index >= 15 is 0 Å². The predicted molar refractivity (Wildman–Crippen MR) is 119 cm³/mol. The van der Waals surface area contributed by atoms with Crippen LogP contribution in [0.4, 0.5) is 0 Å². The molecule has 0 saturated heterocycles. The van der Waals surface area contributed by atoms with Gasteiger partial charge in [0.25, 0.3) is 0 Å². The Balaban J connectivity index is 0.00000190. The fraction of sp³-hybridized carbons (Fsp3) is 0.318. The Morgan fingerprint density at radius 2 is 2.18 bits per heavy atom. The Morgan fingerprint density at radius 1 is 1.39 bits per heavy atom. The number of aliphatic imine (C=N–C) groups is 2. The second kappa shape index (κ2) is 13.5. The van der Waals surface area contributed by atoms with Gasteiger partial charge in [0.1, 0.15) is 12.5 Å². The molecule has 0 fully saturated rings. The molecule has 28 heavy (non-hydrogen) atoms. The van der Waals surface area contributed by atoms with Crippen molar-refractivity contribution in [2.24, 2.45) is 9.98 Å². The lowest BCUT2D eigenvalue weighted by Crippen LogP contribution is -2.15. The average Bonchev–Trinajstić information content (AvgIpc) is 3.07. The van der Waals surface area contributed by atoms with Crippen molar-refractivity contribution >= 4 is 29.9 Å². The van der Waals surface area contributed by atoms with Gasteiger partial charge < -0.3 is 14.8 Å². The number of methoxy groups -OCH3 is 1. The first-order chi connectivity index (χ1) is 13.7. The number of rotatable bonds is 9. The zero-order valence-electron chi connectivity index (χ0n) is 16.6. The van der Waals surface area contributed by atoms with Crippen LogP contribution in [0, 0.1) is 0 Å². The van der Waals surface area contributed by atoms with Gasteiger partial charge in [0, 0.05) is 28.6 Å². The molecular formula is C22H28ClN3O2. The van der Waals surface area contributed by atoms with E-state index in [4.69, 9.17) is 26.1 Å². The summed E-state index contributed by atoms with van der Waals surface area (Å²) in [4.78, 5) is 17.3. The maximum atomic E-state index is 8.00. The van der Waals surface area contributed by atoms with E-state index in [1.807, 2.05) is 44.1 Å². The second-order valence-corrected chi connectivity index (χ2v) is 6.33. The van der Waals surface area contributed by atoms with Crippen molar-refractivity contribution < 1.29 is 9.53 Å². The summed E-state index contributed by atoms with van der Waals surface area (Å²) in [6.07, 6.45) is 16.3. The van der Waals surface area contributed by atoms with E-state index in [0.717, 1.165) is 54.4 Å². The van der Waals surface area contributed by atoms with E-state index in [-0.39, 0.29) is 0 Å². The topological polar surface area (TPSA) is 63.1 Å². The van der Waals surface area contributed by atoms with Crippen molar-refractivity contribution in [2.45, 2.75) is 26.2 Å². The molecule has 1 N–H and O–H groups in total. The summed E-state index contributed by atoms with van der Waals surface area (Å²) >= 11 is 6.02. The molecule has 150 valence electrons. The number of carbonyl (C=O) groups excluding carboxylic acids is 1. The van der Waals surface area contributed by atoms with E-state index in [1.54, 1.807) is 13.2 Å². The number of nitrogens with zero attached hydrogens (tertiary/aromatic N) is 2. The zero-order chi connectivity index (χ0) is 20.8. The third-order valence-electron chi connectivity index (χ3n) is 4.03. The van der Waals surface area contributed by atoms with Gasteiger partial charge in [-0.25, -0.2) is 4.99 Å². The lowest BCUT2D eigenvalue weighted by atomic mass is 10.1. The van der Waals surface area contributed by atoms with E-state index in [2.05, 4.69) is 23.0 Å². The summed E-state index contributed by atoms with van der Waals surface area (Å²) in [6.45, 7) is 9.23. The van der Waals surface area contributed by atoms with Gasteiger partial charge >= 0.3 is 0 Å². The van der Waals surface area contributed by atoms with Crippen LogP contribution < -0.4 is 5.32 Å². The minimum absolute atomic E-state index is 0.686. The standard InChI is InChI=1S/C21H26ClN3O.CH2O/c1-4-17(22)14-18(5-2)23-13-7-9-19-15-24-21(25-19)16-8-6-10-20(26-3)12-11-16;1-2/h4-6,10-12,14,23H,2,7-9,13,15H2,1,3H3;1H2/b17-4+,18-14+;. The second-order valence-electron chi connectivity index (χ2n) is 5.90. The number of carbonyl (C=O) groups is 1. The molecule has 0 aromatic heterocycles. The molecule has 0 saturated carbocycles. The van der Waals surface area contributed by atoms with Gasteiger partial charge in [-0.1, -0.05) is 36.4 Å². The lowest BCUT2D eigenvalue weighted by molar-refractivity contribution is -0.0979. The molecule has 5 nitrogen and oxygen atoms in total. The molecule has 0 amide bonds. The molecule has 0 radical (unpaired) electrons. The SMILES string of the molecule is C=C/C(=C\C(Cl)=C/C)NCCCC1=NC(C2=CC=C(OC)C=CC2)=NC1.C=O. The number of halogens is 1. The Kier molecular flexibility index (Phi) is 11.3. The summed E-state index contributed by atoms with van der Waals surface area (Å²) in [5.41, 5.74) is 3.18. The molecule has 0 unspecified atom stereocenters. The summed E-state index contributed by atoms with van der Waals surface area (Å²) in [7, 11) is 1.67. The molecule has 0 aromatic rings. The van der Waals surface area contributed by atoms with E-state index in [9.17, 15) is 0 Å². The van der Waals surface area contributed by atoms with Crippen molar-refractivity contribution in [3.05, 3.63) is 71.2 Å². The summed E-state index contributed by atoms with van der Waals surface area (Å²) in [5, 5.41) is 4.03. The highest BCUT2D eigenvalue weighted by atomic mass is 35.5. The van der Waals surface area contributed by atoms with Gasteiger partial charge in [-0.3, -0.25) is 4.99 Å². The first-order valence-electron chi connectivity index (χ1n) is 9.07. The van der Waals surface area contributed by atoms with Crippen LogP contribution in [0.2, 0.25) is 0 Å². The molecule has 6 heteroatoms. The van der Waals surface area contributed by atoms with Crippen molar-refractivity contribution in [1.82, 2.24) is 5.32 Å². The molecule has 0 aromatic carbocycles. The number of ether oxygens (including phenoxy) is 1. The van der Waals surface area contributed by atoms with E-state index < -0.39 is 0 Å². The third kappa shape index (κ3) is 7.92. The van der Waals surface area contributed by atoms with Crippen LogP contribution >= 0.6 is 11.6 Å². The maximum absolute atomic E-state index is 8.00. The molecular weight excluding hydrogens is 374 g/mol. The molecule has 0 spiro atoms. The Labute approximate surface area is 172 Å². The van der Waals surface area contributed by atoms with Crippen LogP contribution in [0.15, 0.2) is 81.2 Å². The predicted octanol–water partition coefficient (Wildman–Crippen LogP) is 4.65. The van der Waals surface area contributed by atoms with Gasteiger partial charge in [-0.15, -0.1) is 0 Å². The number of allylic oxidation sites excluding steroid dienone is 8. The van der Waals surface area contributed by atoms with Gasteiger partial charge in [0.05, 0.1) is 13.7 Å². The smallest absolute Gasteiger partial charge is 0.151 e. The van der Waals surface area contributed by atoms with Crippen LogP contribution in [0.5, 0.6) is 0 Å². The quantitative estimate of drug-likeness (QED) is 0.451. The third-order valence-corrected chi connectivity index (χ3v) is 4.35. The van der Waals surface area contributed by atoms with Gasteiger partial charge in [0.15, 0.2) is 5.84 Å². The van der Waals surface area contributed by atoms with Crippen molar-refractivity contribution in [3.63, 3.8) is 0 Å². The number of hydrogen-bond donors (Lipinski definition) is 1. The normalized spacial score (nSPS) is 16.7. The van der Waals surface area contributed by atoms with E-state index in [1.165, 1.54) is 0 Å². The fourth-order valence-electron chi connectivity index (χ4n) is 2.54. The van der Waals surface area contributed by atoms with Crippen LogP contribution in [0.1, 0.15) is 26.2 Å². The molecule has 1 aliphatic carbocycles. The summed E-state index contributed by atoms with van der Waals surface area (Å²) < 4.78 is 5.25. The highest BCUT2D eigenvalue weighted by molar-refractivity contribution is 6.31. The van der Waals surface area contributed by atoms with Crippen LogP contribution in [-0.4, -0.2) is 38.5 Å². The van der Waals surface area contributed by atoms with Crippen molar-refractivity contribution in [2.75, 3.05) is 20.2 Å². The maximum Gasteiger partial charge on any atom is 0.151 e. The lowest BCUT2D eigenvalue weighted by Gasteiger charge is -2.07. The molecule has 2 rings (SSSR count). The fourth-order valence-corrected chi connectivity index (χ4v) is 2.66. The number of hydrogen-bond acceptors (Lipinski definition) is 5. The van der Waals surface area contributed by atoms with E-state index in [0.29, 0.717) is 11.6 Å². The van der Waals surface area contributed by atoms with Gasteiger partial charge in [-0.05, 0) is 50.5 Å². The monoisotopic (exact) mass is 401 g/mol. The zero-order valence-corrected chi connectivity index (χ0v) is 17.3. The first-order valence-corrected chi connectivity index (χ1v) is 9.45. The molecule has 1 aliphatic heterocycles. The number of nitrogens with one attached hydrogen (secondary N) is 1. The van der Waals surface area contributed by atoms with Crippen LogP contribution in [-0.2, 0) is 9.53 Å². The molecule has 0 atom stereocenters. The highest BCUT2D eigenvalue weighted by Gasteiger charge is 2.14. The summed E-state index contributed by atoms with van der Waals surface area (Å²) in [5.74, 6) is 1.69. The van der Waals surface area contributed by atoms with Gasteiger partial charge in [0.2, 0.25) is 0 Å². The molecule has 2 aliphatic rings. The Hall–Kier alpha value is -2.66. The van der Waals surface area contributed by atoms with Crippen molar-refractivity contribution in [3.8, 4) is 0 Å². The largest absolute Gasteiger partial charge is 0.497 e. The van der Waals surface area contributed by atoms with Gasteiger partial charge in [-0.2, -0.15) is 0 Å². The minimum Gasteiger partial charge on any atom is -0.497 e. The molecule has 1 heterocycles. The number of amidine groups is 1. The first kappa shape index (κ1) is 23.4. The van der Waals surface area contributed by atoms with Crippen LogP contribution in [0.25, 0.3) is 0 Å². The molecule has 0 bridgehead atoms. The average molecular weight is 402 g/mol. The minimum atomic E-state index is 0.686. The Morgan fingerprint density at radius 3 is 2.86 bits per heavy atom. The summed E-state index contributed by atoms with van der Waals surface area (Å²) in [6, 6.07) is 0. The Bertz CT molecular complexity index is 756.